The Morgan fingerprint density at radius 3 is 1.72 bits per heavy atom. The quantitative estimate of drug-likeness (QED) is 0.608. The number of benzene rings is 1. The van der Waals surface area contributed by atoms with Crippen LogP contribution in [0.1, 0.15) is 5.56 Å². The predicted octanol–water partition coefficient (Wildman–Crippen LogP) is 2.22. The van der Waals surface area contributed by atoms with Gasteiger partial charge in [0.1, 0.15) is 0 Å². The summed E-state index contributed by atoms with van der Waals surface area (Å²) in [5, 5.41) is 0. The van der Waals surface area contributed by atoms with Crippen LogP contribution in [0.5, 0.6) is 0 Å². The van der Waals surface area contributed by atoms with E-state index in [2.05, 4.69) is 16.1 Å². The second kappa shape index (κ2) is 9.84. The van der Waals surface area contributed by atoms with E-state index in [1.165, 1.54) is 19.8 Å². The van der Waals surface area contributed by atoms with Crippen LogP contribution in [0.4, 0.5) is 0 Å². The van der Waals surface area contributed by atoms with Gasteiger partial charge in [0, 0.05) is 12.2 Å². The summed E-state index contributed by atoms with van der Waals surface area (Å²) in [7, 11) is 2.45. The molecule has 96 valence electrons. The molecular weight excluding hydrogens is 232 g/mol. The van der Waals surface area contributed by atoms with E-state index in [1.807, 2.05) is 36.4 Å². The molecule has 0 saturated carbocycles. The topological polar surface area (TPSA) is 52.6 Å². The van der Waals surface area contributed by atoms with Crippen molar-refractivity contribution in [3.8, 4) is 0 Å². The molecule has 0 spiro atoms. The van der Waals surface area contributed by atoms with Crippen LogP contribution in [-0.4, -0.2) is 26.2 Å². The lowest BCUT2D eigenvalue weighted by molar-refractivity contribution is -0.137. The number of ether oxygens (including phenoxy) is 2. The molecule has 18 heavy (non-hydrogen) atoms. The average Bonchev–Trinajstić information content (AvgIpc) is 2.45. The van der Waals surface area contributed by atoms with Crippen LogP contribution in [0.2, 0.25) is 0 Å². The molecule has 0 amide bonds. The molecule has 1 aromatic rings. The first-order chi connectivity index (χ1) is 8.63. The van der Waals surface area contributed by atoms with Gasteiger partial charge < -0.3 is 9.47 Å². The Hall–Kier alpha value is -2.36. The van der Waals surface area contributed by atoms with Gasteiger partial charge in [0.25, 0.3) is 0 Å². The largest absolute Gasteiger partial charge is 0.466 e. The lowest BCUT2D eigenvalue weighted by Gasteiger charge is -1.89. The summed E-state index contributed by atoms with van der Waals surface area (Å²) in [6.07, 6.45) is 3.82. The second-order valence-corrected chi connectivity index (χ2v) is 2.99. The zero-order chi connectivity index (χ0) is 13.8. The van der Waals surface area contributed by atoms with Crippen LogP contribution in [0, 0.1) is 0 Å². The SMILES string of the molecule is C=Cc1ccccc1.COC(=O)/C=C\C(=O)OC. The molecule has 0 N–H and O–H groups in total. The van der Waals surface area contributed by atoms with Crippen molar-refractivity contribution in [1.82, 2.24) is 0 Å². The molecule has 0 aliphatic rings. The summed E-state index contributed by atoms with van der Waals surface area (Å²) < 4.78 is 8.42. The molecule has 0 heterocycles. The highest BCUT2D eigenvalue weighted by Gasteiger charge is 1.94. The molecule has 0 aliphatic heterocycles. The molecule has 1 aromatic carbocycles. The molecule has 0 aliphatic carbocycles. The fourth-order valence-corrected chi connectivity index (χ4v) is 0.861. The first-order valence-electron chi connectivity index (χ1n) is 5.15. The number of hydrogen-bond donors (Lipinski definition) is 0. The molecule has 0 unspecified atom stereocenters. The molecule has 4 nitrogen and oxygen atoms in total. The van der Waals surface area contributed by atoms with Crippen LogP contribution in [0.3, 0.4) is 0 Å². The number of rotatable bonds is 3. The molecule has 0 fully saturated rings. The Bertz CT molecular complexity index is 389. The number of carbonyl (C=O) groups excluding carboxylic acids is 2. The van der Waals surface area contributed by atoms with E-state index in [0.717, 1.165) is 12.2 Å². The number of hydrogen-bond acceptors (Lipinski definition) is 4. The van der Waals surface area contributed by atoms with Crippen LogP contribution >= 0.6 is 0 Å². The molecule has 0 bridgehead atoms. The van der Waals surface area contributed by atoms with Gasteiger partial charge in [-0.1, -0.05) is 43.0 Å². The van der Waals surface area contributed by atoms with Crippen LogP contribution < -0.4 is 0 Å². The fourth-order valence-electron chi connectivity index (χ4n) is 0.861. The lowest BCUT2D eigenvalue weighted by Crippen LogP contribution is -1.98. The van der Waals surface area contributed by atoms with Gasteiger partial charge in [0.05, 0.1) is 14.2 Å². The maximum Gasteiger partial charge on any atom is 0.330 e. The third kappa shape index (κ3) is 7.87. The molecule has 0 saturated heterocycles. The van der Waals surface area contributed by atoms with E-state index in [-0.39, 0.29) is 0 Å². The summed E-state index contributed by atoms with van der Waals surface area (Å²) in [5.41, 5.74) is 1.17. The number of carbonyl (C=O) groups is 2. The summed E-state index contributed by atoms with van der Waals surface area (Å²) in [6, 6.07) is 10.0. The van der Waals surface area contributed by atoms with E-state index >= 15 is 0 Å². The van der Waals surface area contributed by atoms with Gasteiger partial charge in [0.2, 0.25) is 0 Å². The standard InChI is InChI=1S/C8H8.C6H8O4/c1-2-8-6-4-3-5-7-8;1-9-5(7)3-4-6(8)10-2/h2-7H,1H2;3-4H,1-2H3/b;4-3-. The number of esters is 2. The fraction of sp³-hybridized carbons (Fsp3) is 0.143. The second-order valence-electron chi connectivity index (χ2n) is 2.99. The third-order valence-corrected chi connectivity index (χ3v) is 1.79. The molecular formula is C14H16O4. The lowest BCUT2D eigenvalue weighted by atomic mass is 10.2. The molecule has 0 aromatic heterocycles. The Kier molecular flexibility index (Phi) is 8.55. The minimum atomic E-state index is -0.578. The predicted molar refractivity (Wildman–Crippen MR) is 69.7 cm³/mol. The van der Waals surface area contributed by atoms with Gasteiger partial charge in [-0.05, 0) is 5.56 Å². The molecule has 0 radical (unpaired) electrons. The van der Waals surface area contributed by atoms with Gasteiger partial charge in [0.15, 0.2) is 0 Å². The molecule has 4 heteroatoms. The summed E-state index contributed by atoms with van der Waals surface area (Å²) >= 11 is 0. The normalized spacial score (nSPS) is 9.00. The van der Waals surface area contributed by atoms with Crippen LogP contribution in [-0.2, 0) is 19.1 Å². The highest BCUT2D eigenvalue weighted by atomic mass is 16.5. The zero-order valence-corrected chi connectivity index (χ0v) is 10.5. The third-order valence-electron chi connectivity index (χ3n) is 1.79. The van der Waals surface area contributed by atoms with Crippen molar-refractivity contribution < 1.29 is 19.1 Å². The van der Waals surface area contributed by atoms with Crippen molar-refractivity contribution in [2.45, 2.75) is 0 Å². The van der Waals surface area contributed by atoms with Gasteiger partial charge >= 0.3 is 11.9 Å². The Morgan fingerprint density at radius 2 is 1.44 bits per heavy atom. The van der Waals surface area contributed by atoms with Gasteiger partial charge in [-0.15, -0.1) is 0 Å². The number of methoxy groups -OCH3 is 2. The van der Waals surface area contributed by atoms with E-state index < -0.39 is 11.9 Å². The van der Waals surface area contributed by atoms with Crippen molar-refractivity contribution in [1.29, 1.82) is 0 Å². The maximum atomic E-state index is 10.3. The van der Waals surface area contributed by atoms with E-state index in [4.69, 9.17) is 0 Å². The van der Waals surface area contributed by atoms with Gasteiger partial charge in [-0.2, -0.15) is 0 Å². The maximum absolute atomic E-state index is 10.3. The highest BCUT2D eigenvalue weighted by Crippen LogP contribution is 1.97. The zero-order valence-electron chi connectivity index (χ0n) is 10.5. The van der Waals surface area contributed by atoms with Gasteiger partial charge in [-0.3, -0.25) is 0 Å². The van der Waals surface area contributed by atoms with E-state index in [1.54, 1.807) is 0 Å². The minimum absolute atomic E-state index is 0.578. The van der Waals surface area contributed by atoms with Crippen LogP contribution in [0.25, 0.3) is 6.08 Å². The smallest absolute Gasteiger partial charge is 0.330 e. The van der Waals surface area contributed by atoms with Crippen molar-refractivity contribution in [2.24, 2.45) is 0 Å². The summed E-state index contributed by atoms with van der Waals surface area (Å²) in [4.78, 5) is 20.6. The first-order valence-corrected chi connectivity index (χ1v) is 5.15. The van der Waals surface area contributed by atoms with Crippen LogP contribution in [0.15, 0.2) is 49.1 Å². The molecule has 0 atom stereocenters. The Morgan fingerprint density at radius 1 is 1.00 bits per heavy atom. The van der Waals surface area contributed by atoms with E-state index in [9.17, 15) is 9.59 Å². The van der Waals surface area contributed by atoms with Crippen molar-refractivity contribution in [3.63, 3.8) is 0 Å². The van der Waals surface area contributed by atoms with Crippen molar-refractivity contribution >= 4 is 18.0 Å². The minimum Gasteiger partial charge on any atom is -0.466 e. The Balaban J connectivity index is 0.000000327. The average molecular weight is 248 g/mol. The van der Waals surface area contributed by atoms with Crippen molar-refractivity contribution in [2.75, 3.05) is 14.2 Å². The highest BCUT2D eigenvalue weighted by molar-refractivity contribution is 5.91. The Labute approximate surface area is 107 Å². The summed E-state index contributed by atoms with van der Waals surface area (Å²) in [6.45, 7) is 3.63. The van der Waals surface area contributed by atoms with Gasteiger partial charge in [-0.25, -0.2) is 9.59 Å². The van der Waals surface area contributed by atoms with E-state index in [0.29, 0.717) is 0 Å². The first kappa shape index (κ1) is 15.6. The molecule has 1 rings (SSSR count). The summed E-state index contributed by atoms with van der Waals surface area (Å²) in [5.74, 6) is -1.16. The monoisotopic (exact) mass is 248 g/mol. The van der Waals surface area contributed by atoms with Crippen molar-refractivity contribution in [3.05, 3.63) is 54.6 Å².